The van der Waals surface area contributed by atoms with Gasteiger partial charge < -0.3 is 23.6 Å². The number of rotatable bonds is 8. The molecular formula is C24H25N3O5. The van der Waals surface area contributed by atoms with Crippen LogP contribution < -0.4 is 14.2 Å². The molecule has 0 saturated carbocycles. The van der Waals surface area contributed by atoms with Gasteiger partial charge in [-0.15, -0.1) is 0 Å². The molecule has 0 N–H and O–H groups in total. The summed E-state index contributed by atoms with van der Waals surface area (Å²) in [7, 11) is 3.19. The number of hydrogen-bond donors (Lipinski definition) is 0. The van der Waals surface area contributed by atoms with Crippen molar-refractivity contribution >= 4 is 18.1 Å². The van der Waals surface area contributed by atoms with E-state index >= 15 is 0 Å². The second-order valence-corrected chi connectivity index (χ2v) is 7.31. The minimum absolute atomic E-state index is 0.00931. The lowest BCUT2D eigenvalue weighted by Gasteiger charge is -2.15. The fourth-order valence-corrected chi connectivity index (χ4v) is 3.47. The van der Waals surface area contributed by atoms with Crippen molar-refractivity contribution in [2.24, 2.45) is 0 Å². The Morgan fingerprint density at radius 3 is 2.66 bits per heavy atom. The van der Waals surface area contributed by atoms with Crippen molar-refractivity contribution in [2.75, 3.05) is 33.9 Å². The van der Waals surface area contributed by atoms with Crippen LogP contribution in [0.4, 0.5) is 0 Å². The molecule has 0 aliphatic carbocycles. The highest BCUT2D eigenvalue weighted by Crippen LogP contribution is 2.28. The van der Waals surface area contributed by atoms with Crippen LogP contribution in [0.2, 0.25) is 0 Å². The quantitative estimate of drug-likeness (QED) is 0.530. The molecule has 8 nitrogen and oxygen atoms in total. The monoisotopic (exact) mass is 435 g/mol. The topological polar surface area (TPSA) is 86.9 Å². The minimum Gasteiger partial charge on any atom is -0.493 e. The van der Waals surface area contributed by atoms with E-state index in [1.807, 2.05) is 41.3 Å². The Kier molecular flexibility index (Phi) is 6.69. The van der Waals surface area contributed by atoms with Gasteiger partial charge in [0.25, 0.3) is 11.8 Å². The van der Waals surface area contributed by atoms with E-state index in [1.54, 1.807) is 32.4 Å². The Hall–Kier alpha value is -3.81. The van der Waals surface area contributed by atoms with E-state index in [0.29, 0.717) is 29.0 Å². The molecule has 32 heavy (non-hydrogen) atoms. The van der Waals surface area contributed by atoms with Crippen LogP contribution in [0.1, 0.15) is 24.3 Å². The zero-order valence-electron chi connectivity index (χ0n) is 18.1. The summed E-state index contributed by atoms with van der Waals surface area (Å²) in [6.45, 7) is 1.64. The number of nitrogens with zero attached hydrogens (tertiary/aromatic N) is 3. The predicted molar refractivity (Wildman–Crippen MR) is 120 cm³/mol. The first kappa shape index (κ1) is 21.4. The van der Waals surface area contributed by atoms with Crippen LogP contribution in [0, 0.1) is 0 Å². The minimum atomic E-state index is 0.00931. The molecule has 1 saturated heterocycles. The largest absolute Gasteiger partial charge is 0.493 e. The molecule has 8 heteroatoms. The van der Waals surface area contributed by atoms with Crippen LogP contribution in [0.5, 0.6) is 17.2 Å². The summed E-state index contributed by atoms with van der Waals surface area (Å²) in [6, 6.07) is 12.9. The maximum atomic E-state index is 12.2. The van der Waals surface area contributed by atoms with Crippen molar-refractivity contribution in [3.8, 4) is 28.6 Å². The number of carbonyl (C=O) groups excluding carboxylic acids is 1. The van der Waals surface area contributed by atoms with Crippen LogP contribution in [-0.2, 0) is 4.79 Å². The fourth-order valence-electron chi connectivity index (χ4n) is 3.47. The van der Waals surface area contributed by atoms with Gasteiger partial charge in [-0.25, -0.2) is 0 Å². The van der Waals surface area contributed by atoms with Crippen LogP contribution in [0.3, 0.4) is 0 Å². The molecule has 2 aromatic carbocycles. The third-order valence-corrected chi connectivity index (χ3v) is 5.18. The zero-order chi connectivity index (χ0) is 22.3. The summed E-state index contributed by atoms with van der Waals surface area (Å²) >= 11 is 0. The molecule has 0 atom stereocenters. The van der Waals surface area contributed by atoms with Crippen LogP contribution in [0.15, 0.2) is 47.0 Å². The number of carbonyl (C=O) groups is 1. The number of likely N-dealkylation sites (tertiary alicyclic amines) is 1. The van der Waals surface area contributed by atoms with Gasteiger partial charge in [0.05, 0.1) is 14.2 Å². The van der Waals surface area contributed by atoms with Gasteiger partial charge >= 0.3 is 0 Å². The summed E-state index contributed by atoms with van der Waals surface area (Å²) in [5.41, 5.74) is 1.64. The van der Waals surface area contributed by atoms with E-state index in [2.05, 4.69) is 10.1 Å². The first-order chi connectivity index (χ1) is 15.7. The Bertz CT molecular complexity index is 1100. The van der Waals surface area contributed by atoms with Gasteiger partial charge in [-0.05, 0) is 48.7 Å². The maximum Gasteiger partial charge on any atom is 0.260 e. The molecular weight excluding hydrogens is 410 g/mol. The lowest BCUT2D eigenvalue weighted by atomic mass is 10.2. The smallest absolute Gasteiger partial charge is 0.260 e. The van der Waals surface area contributed by atoms with Crippen LogP contribution in [0.25, 0.3) is 23.5 Å². The van der Waals surface area contributed by atoms with Crippen LogP contribution >= 0.6 is 0 Å². The standard InChI is InChI=1S/C24H25N3O5/c1-29-20-10-8-17(14-21(20)30-2)9-11-22-25-24(26-32-22)18-6-5-7-19(15-18)31-16-23(28)27-12-3-4-13-27/h5-11,14-15H,3-4,12-13,16H2,1-2H3. The fraction of sp³-hybridized carbons (Fsp3) is 0.292. The van der Waals surface area contributed by atoms with Gasteiger partial charge in [0.15, 0.2) is 18.1 Å². The molecule has 0 spiro atoms. The van der Waals surface area contributed by atoms with Crippen molar-refractivity contribution < 1.29 is 23.5 Å². The average Bonchev–Trinajstić information content (AvgIpc) is 3.54. The van der Waals surface area contributed by atoms with Gasteiger partial charge in [-0.3, -0.25) is 4.79 Å². The average molecular weight is 435 g/mol. The highest BCUT2D eigenvalue weighted by molar-refractivity contribution is 5.78. The number of benzene rings is 2. The van der Waals surface area contributed by atoms with Crippen molar-refractivity contribution in [2.45, 2.75) is 12.8 Å². The van der Waals surface area contributed by atoms with Crippen molar-refractivity contribution in [3.63, 3.8) is 0 Å². The SMILES string of the molecule is COc1ccc(C=Cc2nc(-c3cccc(OCC(=O)N4CCCC4)c3)no2)cc1OC. The number of ether oxygens (including phenoxy) is 3. The summed E-state index contributed by atoms with van der Waals surface area (Å²) in [6.07, 6.45) is 5.69. The molecule has 1 aromatic heterocycles. The summed E-state index contributed by atoms with van der Waals surface area (Å²) in [5.74, 6) is 2.70. The molecule has 1 fully saturated rings. The van der Waals surface area contributed by atoms with E-state index < -0.39 is 0 Å². The molecule has 1 amide bonds. The molecule has 4 rings (SSSR count). The molecule has 1 aliphatic rings. The maximum absolute atomic E-state index is 12.2. The number of amides is 1. The Labute approximate surface area is 186 Å². The molecule has 1 aliphatic heterocycles. The van der Waals surface area contributed by atoms with Gasteiger partial charge in [-0.2, -0.15) is 4.98 Å². The van der Waals surface area contributed by atoms with Crippen molar-refractivity contribution in [1.82, 2.24) is 15.0 Å². The zero-order valence-corrected chi connectivity index (χ0v) is 18.1. The van der Waals surface area contributed by atoms with E-state index in [-0.39, 0.29) is 12.5 Å². The van der Waals surface area contributed by atoms with Gasteiger partial charge in [0.2, 0.25) is 5.82 Å². The third kappa shape index (κ3) is 5.08. The van der Waals surface area contributed by atoms with Gasteiger partial charge in [0, 0.05) is 24.7 Å². The first-order valence-electron chi connectivity index (χ1n) is 10.4. The molecule has 0 unspecified atom stereocenters. The summed E-state index contributed by atoms with van der Waals surface area (Å²) in [5, 5.41) is 4.05. The van der Waals surface area contributed by atoms with E-state index in [9.17, 15) is 4.79 Å². The molecule has 166 valence electrons. The second kappa shape index (κ2) is 10.00. The molecule has 0 bridgehead atoms. The highest BCUT2D eigenvalue weighted by Gasteiger charge is 2.18. The first-order valence-corrected chi connectivity index (χ1v) is 10.4. The van der Waals surface area contributed by atoms with Crippen molar-refractivity contribution in [1.29, 1.82) is 0 Å². The van der Waals surface area contributed by atoms with Gasteiger partial charge in [0.1, 0.15) is 5.75 Å². The van der Waals surface area contributed by atoms with Crippen molar-refractivity contribution in [3.05, 3.63) is 53.9 Å². The molecule has 0 radical (unpaired) electrons. The Morgan fingerprint density at radius 1 is 1.06 bits per heavy atom. The molecule has 3 aromatic rings. The normalized spacial score (nSPS) is 13.5. The Morgan fingerprint density at radius 2 is 1.88 bits per heavy atom. The van der Waals surface area contributed by atoms with E-state index in [0.717, 1.165) is 37.1 Å². The number of hydrogen-bond acceptors (Lipinski definition) is 7. The van der Waals surface area contributed by atoms with E-state index in [1.165, 1.54) is 0 Å². The highest BCUT2D eigenvalue weighted by atomic mass is 16.5. The van der Waals surface area contributed by atoms with Gasteiger partial charge in [-0.1, -0.05) is 23.4 Å². The summed E-state index contributed by atoms with van der Waals surface area (Å²) in [4.78, 5) is 18.4. The lowest BCUT2D eigenvalue weighted by molar-refractivity contribution is -0.132. The predicted octanol–water partition coefficient (Wildman–Crippen LogP) is 3.93. The Balaban J connectivity index is 1.41. The lowest BCUT2D eigenvalue weighted by Crippen LogP contribution is -2.32. The second-order valence-electron chi connectivity index (χ2n) is 7.31. The van der Waals surface area contributed by atoms with Crippen LogP contribution in [-0.4, -0.2) is 54.9 Å². The van der Waals surface area contributed by atoms with E-state index in [4.69, 9.17) is 18.7 Å². The summed E-state index contributed by atoms with van der Waals surface area (Å²) < 4.78 is 21.6. The number of aromatic nitrogens is 2. The molecule has 2 heterocycles. The number of methoxy groups -OCH3 is 2. The third-order valence-electron chi connectivity index (χ3n) is 5.18.